The van der Waals surface area contributed by atoms with E-state index < -0.39 is 17.2 Å². The topological polar surface area (TPSA) is 63.6 Å². The van der Waals surface area contributed by atoms with Crippen LogP contribution in [-0.4, -0.2) is 28.9 Å². The van der Waals surface area contributed by atoms with Gasteiger partial charge in [-0.05, 0) is 43.1 Å². The molecule has 3 unspecified atom stereocenters. The zero-order valence-electron chi connectivity index (χ0n) is 14.5. The summed E-state index contributed by atoms with van der Waals surface area (Å²) < 4.78 is 6.22. The van der Waals surface area contributed by atoms with Crippen LogP contribution in [0.15, 0.2) is 34.6 Å². The summed E-state index contributed by atoms with van der Waals surface area (Å²) in [5.41, 5.74) is 0.753. The predicted molar refractivity (Wildman–Crippen MR) is 89.4 cm³/mol. The number of ether oxygens (including phenoxy) is 1. The summed E-state index contributed by atoms with van der Waals surface area (Å²) in [5, 5.41) is 10.7. The van der Waals surface area contributed by atoms with E-state index in [1.165, 1.54) is 0 Å². The van der Waals surface area contributed by atoms with Crippen molar-refractivity contribution in [2.75, 3.05) is 6.61 Å². The SMILES string of the molecule is CC(C)C1=C(O)C2=CCC3C4(C)CCCC3(C=C2C(=O)C1=O)OC4. The second-order valence-electron chi connectivity index (χ2n) is 8.29. The molecule has 2 fully saturated rings. The van der Waals surface area contributed by atoms with Crippen molar-refractivity contribution in [3.8, 4) is 0 Å². The third kappa shape index (κ3) is 1.89. The highest BCUT2D eigenvalue weighted by molar-refractivity contribution is 6.51. The molecule has 0 aromatic carbocycles. The molecule has 4 heteroatoms. The van der Waals surface area contributed by atoms with E-state index in [4.69, 9.17) is 4.74 Å². The van der Waals surface area contributed by atoms with Crippen LogP contribution in [0, 0.1) is 17.3 Å². The number of fused-ring (bicyclic) bond motifs is 1. The molecule has 0 aromatic rings. The van der Waals surface area contributed by atoms with E-state index in [2.05, 4.69) is 6.92 Å². The number of Topliss-reactive ketones (excluding diaryl/α,β-unsaturated/α-hetero) is 2. The number of hydrogen-bond acceptors (Lipinski definition) is 4. The van der Waals surface area contributed by atoms with Gasteiger partial charge in [0.25, 0.3) is 0 Å². The van der Waals surface area contributed by atoms with E-state index in [9.17, 15) is 14.7 Å². The lowest BCUT2D eigenvalue weighted by Crippen LogP contribution is -2.42. The lowest BCUT2D eigenvalue weighted by atomic mass is 9.62. The van der Waals surface area contributed by atoms with Crippen molar-refractivity contribution in [1.29, 1.82) is 0 Å². The van der Waals surface area contributed by atoms with E-state index in [-0.39, 0.29) is 22.7 Å². The highest BCUT2D eigenvalue weighted by atomic mass is 16.5. The molecular weight excluding hydrogens is 304 g/mol. The highest BCUT2D eigenvalue weighted by Crippen LogP contribution is 2.58. The molecule has 0 aromatic heterocycles. The maximum absolute atomic E-state index is 12.7. The fourth-order valence-electron chi connectivity index (χ4n) is 5.16. The first kappa shape index (κ1) is 15.8. The molecule has 1 aliphatic heterocycles. The van der Waals surface area contributed by atoms with Crippen LogP contribution in [0.1, 0.15) is 46.5 Å². The highest BCUT2D eigenvalue weighted by Gasteiger charge is 2.58. The van der Waals surface area contributed by atoms with E-state index in [1.54, 1.807) is 0 Å². The van der Waals surface area contributed by atoms with Gasteiger partial charge >= 0.3 is 0 Å². The zero-order valence-corrected chi connectivity index (χ0v) is 14.5. The number of rotatable bonds is 1. The number of ketones is 2. The Kier molecular flexibility index (Phi) is 3.24. The van der Waals surface area contributed by atoms with Crippen LogP contribution in [0.5, 0.6) is 0 Å². The maximum atomic E-state index is 12.7. The minimum Gasteiger partial charge on any atom is -0.507 e. The first-order valence-electron chi connectivity index (χ1n) is 8.89. The Balaban J connectivity index is 1.90. The fraction of sp³-hybridized carbons (Fsp3) is 0.600. The molecule has 4 rings (SSSR count). The summed E-state index contributed by atoms with van der Waals surface area (Å²) in [6.45, 7) is 6.61. The van der Waals surface area contributed by atoms with E-state index in [0.29, 0.717) is 23.7 Å². The Morgan fingerprint density at radius 1 is 1.21 bits per heavy atom. The molecule has 4 aliphatic rings. The summed E-state index contributed by atoms with van der Waals surface area (Å²) in [5.74, 6) is -0.977. The van der Waals surface area contributed by atoms with Gasteiger partial charge in [0.05, 0.1) is 12.2 Å². The molecule has 1 saturated heterocycles. The van der Waals surface area contributed by atoms with E-state index >= 15 is 0 Å². The Labute approximate surface area is 142 Å². The quantitative estimate of drug-likeness (QED) is 0.749. The van der Waals surface area contributed by atoms with Gasteiger partial charge in [-0.25, -0.2) is 0 Å². The van der Waals surface area contributed by atoms with E-state index in [0.717, 1.165) is 25.7 Å². The first-order chi connectivity index (χ1) is 11.3. The first-order valence-corrected chi connectivity index (χ1v) is 8.89. The average Bonchev–Trinajstić information content (AvgIpc) is 2.68. The summed E-state index contributed by atoms with van der Waals surface area (Å²) >= 11 is 0. The molecule has 3 aliphatic carbocycles. The number of aliphatic hydroxyl groups excluding tert-OH is 1. The molecule has 1 N–H and O–H groups in total. The van der Waals surface area contributed by atoms with Gasteiger partial charge in [0.1, 0.15) is 5.76 Å². The predicted octanol–water partition coefficient (Wildman–Crippen LogP) is 3.44. The Hall–Kier alpha value is -1.68. The second kappa shape index (κ2) is 4.92. The lowest BCUT2D eigenvalue weighted by molar-refractivity contribution is -0.132. The number of aliphatic hydroxyl groups is 1. The fourth-order valence-corrected chi connectivity index (χ4v) is 5.16. The summed E-state index contributed by atoms with van der Waals surface area (Å²) in [4.78, 5) is 25.2. The standard InChI is InChI=1S/C20H24O4/c1-11(2)15-16(21)12-5-6-14-19(3)7-4-8-20(14,24-10-19)9-13(12)17(22)18(15)23/h5,9,11,14,21H,4,6-8,10H2,1-3H3. The second-order valence-corrected chi connectivity index (χ2v) is 8.29. The number of carbonyl (C=O) groups is 2. The van der Waals surface area contributed by atoms with Crippen molar-refractivity contribution < 1.29 is 19.4 Å². The van der Waals surface area contributed by atoms with Crippen molar-refractivity contribution in [3.05, 3.63) is 34.6 Å². The molecule has 0 amide bonds. The van der Waals surface area contributed by atoms with Crippen LogP contribution in [0.25, 0.3) is 0 Å². The van der Waals surface area contributed by atoms with Crippen LogP contribution < -0.4 is 0 Å². The monoisotopic (exact) mass is 328 g/mol. The van der Waals surface area contributed by atoms with Crippen molar-refractivity contribution in [3.63, 3.8) is 0 Å². The molecule has 2 bridgehead atoms. The minimum absolute atomic E-state index is 0.0167. The number of hydrogen-bond donors (Lipinski definition) is 1. The zero-order chi connectivity index (χ0) is 17.3. The van der Waals surface area contributed by atoms with Gasteiger partial charge < -0.3 is 9.84 Å². The van der Waals surface area contributed by atoms with Gasteiger partial charge in [0.2, 0.25) is 11.6 Å². The molecule has 0 spiro atoms. The summed E-state index contributed by atoms with van der Waals surface area (Å²) in [6.07, 6.45) is 7.65. The van der Waals surface area contributed by atoms with Gasteiger partial charge in [-0.3, -0.25) is 9.59 Å². The third-order valence-corrected chi connectivity index (χ3v) is 6.44. The molecule has 4 nitrogen and oxygen atoms in total. The van der Waals surface area contributed by atoms with Gasteiger partial charge in [-0.2, -0.15) is 0 Å². The van der Waals surface area contributed by atoms with Crippen molar-refractivity contribution >= 4 is 11.6 Å². The van der Waals surface area contributed by atoms with Gasteiger partial charge in [0.15, 0.2) is 0 Å². The Morgan fingerprint density at radius 3 is 2.67 bits per heavy atom. The Bertz CT molecular complexity index is 739. The summed E-state index contributed by atoms with van der Waals surface area (Å²) in [7, 11) is 0. The lowest BCUT2D eigenvalue weighted by Gasteiger charge is -2.41. The summed E-state index contributed by atoms with van der Waals surface area (Å²) in [6, 6.07) is 0. The minimum atomic E-state index is -0.572. The van der Waals surface area contributed by atoms with Crippen LogP contribution in [0.3, 0.4) is 0 Å². The molecule has 1 heterocycles. The maximum Gasteiger partial charge on any atom is 0.233 e. The van der Waals surface area contributed by atoms with Crippen molar-refractivity contribution in [1.82, 2.24) is 0 Å². The molecule has 1 saturated carbocycles. The number of carbonyl (C=O) groups excluding carboxylic acids is 2. The van der Waals surface area contributed by atoms with Crippen molar-refractivity contribution in [2.24, 2.45) is 17.3 Å². The number of allylic oxidation sites excluding steroid dienone is 3. The molecular formula is C20H24O4. The molecule has 0 radical (unpaired) electrons. The van der Waals surface area contributed by atoms with E-state index in [1.807, 2.05) is 26.0 Å². The molecule has 3 atom stereocenters. The van der Waals surface area contributed by atoms with Crippen molar-refractivity contribution in [2.45, 2.75) is 52.1 Å². The van der Waals surface area contributed by atoms with Crippen LogP contribution in [0.2, 0.25) is 0 Å². The third-order valence-electron chi connectivity index (χ3n) is 6.44. The van der Waals surface area contributed by atoms with Crippen LogP contribution in [-0.2, 0) is 14.3 Å². The van der Waals surface area contributed by atoms with Crippen LogP contribution >= 0.6 is 0 Å². The van der Waals surface area contributed by atoms with Gasteiger partial charge in [-0.15, -0.1) is 0 Å². The largest absolute Gasteiger partial charge is 0.507 e. The smallest absolute Gasteiger partial charge is 0.233 e. The normalized spacial score (nSPS) is 38.6. The molecule has 24 heavy (non-hydrogen) atoms. The van der Waals surface area contributed by atoms with Gasteiger partial charge in [0, 0.05) is 22.6 Å². The Morgan fingerprint density at radius 2 is 1.96 bits per heavy atom. The van der Waals surface area contributed by atoms with Crippen LogP contribution in [0.4, 0.5) is 0 Å². The average molecular weight is 328 g/mol. The molecule has 128 valence electrons. The van der Waals surface area contributed by atoms with Gasteiger partial charge in [-0.1, -0.05) is 26.8 Å².